The van der Waals surface area contributed by atoms with E-state index in [4.69, 9.17) is 0 Å². The van der Waals surface area contributed by atoms with Crippen LogP contribution in [0.15, 0.2) is 24.3 Å². The number of likely N-dealkylation sites (N-methyl/N-ethyl adjacent to an activating group) is 1. The van der Waals surface area contributed by atoms with Crippen LogP contribution in [0, 0.1) is 5.82 Å². The molecule has 0 saturated carbocycles. The van der Waals surface area contributed by atoms with E-state index in [1.165, 1.54) is 12.1 Å². The van der Waals surface area contributed by atoms with E-state index in [-0.39, 0.29) is 23.8 Å². The summed E-state index contributed by atoms with van der Waals surface area (Å²) in [6, 6.07) is 6.60. The maximum Gasteiger partial charge on any atom is 0.240 e. The maximum atomic E-state index is 12.8. The van der Waals surface area contributed by atoms with Crippen molar-refractivity contribution in [3.8, 4) is 0 Å². The molecule has 1 N–H and O–H groups in total. The molecule has 0 aliphatic carbocycles. The van der Waals surface area contributed by atoms with Gasteiger partial charge in [0.1, 0.15) is 5.82 Å². The quantitative estimate of drug-likeness (QED) is 0.880. The molecule has 1 aliphatic heterocycles. The van der Waals surface area contributed by atoms with E-state index in [0.29, 0.717) is 0 Å². The number of rotatable bonds is 4. The lowest BCUT2D eigenvalue weighted by atomic mass is 10.1. The van der Waals surface area contributed by atoms with Gasteiger partial charge in [-0.15, -0.1) is 0 Å². The average Bonchev–Trinajstić information content (AvgIpc) is 2.73. The number of hydrogen-bond acceptors (Lipinski definition) is 2. The number of nitrogens with zero attached hydrogens (tertiary/aromatic N) is 1. The van der Waals surface area contributed by atoms with Crippen molar-refractivity contribution in [3.05, 3.63) is 35.6 Å². The second-order valence-corrected chi connectivity index (χ2v) is 4.84. The molecular weight excluding hydrogens is 231 g/mol. The van der Waals surface area contributed by atoms with Gasteiger partial charge >= 0.3 is 0 Å². The van der Waals surface area contributed by atoms with Gasteiger partial charge in [0.25, 0.3) is 0 Å². The Morgan fingerprint density at radius 1 is 1.44 bits per heavy atom. The highest BCUT2D eigenvalue weighted by Crippen LogP contribution is 2.17. The Hall–Kier alpha value is -1.42. The lowest BCUT2D eigenvalue weighted by molar-refractivity contribution is -0.130. The normalized spacial score (nSPS) is 21.4. The minimum absolute atomic E-state index is 0.0410. The van der Waals surface area contributed by atoms with Crippen LogP contribution in [0.3, 0.4) is 0 Å². The van der Waals surface area contributed by atoms with Gasteiger partial charge in [-0.1, -0.05) is 12.1 Å². The molecule has 1 aliphatic rings. The number of carbonyl (C=O) groups excluding carboxylic acids is 1. The molecule has 2 atom stereocenters. The van der Waals surface area contributed by atoms with E-state index >= 15 is 0 Å². The predicted octanol–water partition coefficient (Wildman–Crippen LogP) is 1.58. The molecular formula is C14H19FN2O. The Labute approximate surface area is 107 Å². The fourth-order valence-corrected chi connectivity index (χ4v) is 2.48. The molecule has 1 fully saturated rings. The number of nitrogens with one attached hydrogen (secondary N) is 1. The van der Waals surface area contributed by atoms with Gasteiger partial charge in [0.15, 0.2) is 0 Å². The lowest BCUT2D eigenvalue weighted by Gasteiger charge is -2.25. The number of benzene rings is 1. The van der Waals surface area contributed by atoms with E-state index < -0.39 is 0 Å². The summed E-state index contributed by atoms with van der Waals surface area (Å²) >= 11 is 0. The van der Waals surface area contributed by atoms with Gasteiger partial charge in [0, 0.05) is 12.6 Å². The van der Waals surface area contributed by atoms with Crippen molar-refractivity contribution in [3.63, 3.8) is 0 Å². The molecule has 4 heteroatoms. The van der Waals surface area contributed by atoms with Gasteiger partial charge in [0.2, 0.25) is 5.91 Å². The van der Waals surface area contributed by atoms with Gasteiger partial charge in [-0.05, 0) is 44.5 Å². The Kier molecular flexibility index (Phi) is 3.97. The smallest absolute Gasteiger partial charge is 0.240 e. The van der Waals surface area contributed by atoms with Gasteiger partial charge < -0.3 is 10.2 Å². The molecule has 1 heterocycles. The van der Waals surface area contributed by atoms with Crippen LogP contribution < -0.4 is 5.32 Å². The summed E-state index contributed by atoms with van der Waals surface area (Å²) in [6.07, 6.45) is 1.63. The molecule has 3 nitrogen and oxygen atoms in total. The Morgan fingerprint density at radius 2 is 2.11 bits per heavy atom. The first-order valence-electron chi connectivity index (χ1n) is 6.34. The molecule has 2 unspecified atom stereocenters. The van der Waals surface area contributed by atoms with Gasteiger partial charge in [-0.3, -0.25) is 4.79 Å². The topological polar surface area (TPSA) is 32.3 Å². The molecule has 0 spiro atoms. The van der Waals surface area contributed by atoms with Crippen molar-refractivity contribution < 1.29 is 9.18 Å². The molecule has 1 saturated heterocycles. The van der Waals surface area contributed by atoms with Crippen molar-refractivity contribution in [2.75, 3.05) is 13.6 Å². The fourth-order valence-electron chi connectivity index (χ4n) is 2.48. The van der Waals surface area contributed by atoms with E-state index in [1.807, 2.05) is 18.9 Å². The minimum Gasteiger partial charge on any atom is -0.338 e. The van der Waals surface area contributed by atoms with Gasteiger partial charge in [0.05, 0.1) is 6.04 Å². The zero-order chi connectivity index (χ0) is 13.1. The first-order chi connectivity index (χ1) is 8.61. The summed E-state index contributed by atoms with van der Waals surface area (Å²) in [5.41, 5.74) is 1.06. The Morgan fingerprint density at radius 3 is 2.67 bits per heavy atom. The number of halogens is 1. The van der Waals surface area contributed by atoms with Crippen molar-refractivity contribution in [2.24, 2.45) is 0 Å². The van der Waals surface area contributed by atoms with E-state index in [1.54, 1.807) is 12.1 Å². The Bertz CT molecular complexity index is 418. The summed E-state index contributed by atoms with van der Waals surface area (Å²) < 4.78 is 12.8. The molecule has 0 radical (unpaired) electrons. The average molecular weight is 250 g/mol. The second-order valence-electron chi connectivity index (χ2n) is 4.84. The maximum absolute atomic E-state index is 12.8. The summed E-state index contributed by atoms with van der Waals surface area (Å²) in [6.45, 7) is 2.84. The van der Waals surface area contributed by atoms with Crippen molar-refractivity contribution in [2.45, 2.75) is 31.8 Å². The third-order valence-electron chi connectivity index (χ3n) is 3.56. The van der Waals surface area contributed by atoms with Crippen LogP contribution in [-0.2, 0) is 11.2 Å². The van der Waals surface area contributed by atoms with Crippen LogP contribution in [0.2, 0.25) is 0 Å². The molecule has 18 heavy (non-hydrogen) atoms. The molecule has 1 amide bonds. The van der Waals surface area contributed by atoms with Crippen LogP contribution in [0.1, 0.15) is 18.9 Å². The fraction of sp³-hybridized carbons (Fsp3) is 0.500. The molecule has 98 valence electrons. The summed E-state index contributed by atoms with van der Waals surface area (Å²) in [5.74, 6) is -0.0500. The number of likely N-dealkylation sites (tertiary alicyclic amines) is 1. The minimum atomic E-state index is -0.223. The molecule has 0 bridgehead atoms. The van der Waals surface area contributed by atoms with E-state index in [0.717, 1.165) is 24.9 Å². The first-order valence-corrected chi connectivity index (χ1v) is 6.34. The highest BCUT2D eigenvalue weighted by Gasteiger charge is 2.32. The van der Waals surface area contributed by atoms with Crippen LogP contribution in [0.4, 0.5) is 4.39 Å². The summed E-state index contributed by atoms with van der Waals surface area (Å²) in [7, 11) is 1.82. The standard InChI is InChI=1S/C14H19FN2O/c1-10(9-11-3-5-12(15)6-4-11)17-8-7-13(16-2)14(17)18/h3-6,10,13,16H,7-9H2,1-2H3. The van der Waals surface area contributed by atoms with Gasteiger partial charge in [-0.2, -0.15) is 0 Å². The van der Waals surface area contributed by atoms with Crippen LogP contribution in [-0.4, -0.2) is 36.5 Å². The molecule has 2 rings (SSSR count). The monoisotopic (exact) mass is 250 g/mol. The number of carbonyl (C=O) groups is 1. The second kappa shape index (κ2) is 5.48. The summed E-state index contributed by atoms with van der Waals surface area (Å²) in [4.78, 5) is 13.9. The lowest BCUT2D eigenvalue weighted by Crippen LogP contribution is -2.41. The highest BCUT2D eigenvalue weighted by atomic mass is 19.1. The number of hydrogen-bond donors (Lipinski definition) is 1. The predicted molar refractivity (Wildman–Crippen MR) is 68.7 cm³/mol. The number of amides is 1. The third-order valence-corrected chi connectivity index (χ3v) is 3.56. The zero-order valence-electron chi connectivity index (χ0n) is 10.8. The zero-order valence-corrected chi connectivity index (χ0v) is 10.8. The molecule has 0 aromatic heterocycles. The SMILES string of the molecule is CNC1CCN(C(C)Cc2ccc(F)cc2)C1=O. The molecule has 1 aromatic carbocycles. The highest BCUT2D eigenvalue weighted by molar-refractivity contribution is 5.84. The van der Waals surface area contributed by atoms with E-state index in [9.17, 15) is 9.18 Å². The van der Waals surface area contributed by atoms with Crippen molar-refractivity contribution in [1.82, 2.24) is 10.2 Å². The first kappa shape index (κ1) is 13.0. The largest absolute Gasteiger partial charge is 0.338 e. The Balaban J connectivity index is 1.98. The van der Waals surface area contributed by atoms with Crippen molar-refractivity contribution in [1.29, 1.82) is 0 Å². The van der Waals surface area contributed by atoms with Gasteiger partial charge in [-0.25, -0.2) is 4.39 Å². The van der Waals surface area contributed by atoms with Crippen LogP contribution in [0.25, 0.3) is 0 Å². The van der Waals surface area contributed by atoms with Crippen LogP contribution in [0.5, 0.6) is 0 Å². The summed E-state index contributed by atoms with van der Waals surface area (Å²) in [5, 5.41) is 3.03. The van der Waals surface area contributed by atoms with E-state index in [2.05, 4.69) is 5.32 Å². The molecule has 1 aromatic rings. The van der Waals surface area contributed by atoms with Crippen LogP contribution >= 0.6 is 0 Å². The van der Waals surface area contributed by atoms with Crippen molar-refractivity contribution >= 4 is 5.91 Å². The third kappa shape index (κ3) is 2.70.